The largest absolute Gasteiger partial charge is 0.503 e. The van der Waals surface area contributed by atoms with Gasteiger partial charge in [0.1, 0.15) is 0 Å². The van der Waals surface area contributed by atoms with Crippen molar-refractivity contribution in [2.45, 2.75) is 116 Å². The summed E-state index contributed by atoms with van der Waals surface area (Å²) in [5, 5.41) is 26.2. The van der Waals surface area contributed by atoms with Gasteiger partial charge in [0.2, 0.25) is 0 Å². The van der Waals surface area contributed by atoms with E-state index in [1.807, 2.05) is 0 Å². The predicted octanol–water partition coefficient (Wildman–Crippen LogP) is 6.05. The molecule has 0 aromatic carbocycles. The zero-order valence-electron chi connectivity index (χ0n) is 17.6. The number of hydrogen-bond acceptors (Lipinski definition) is 3. The van der Waals surface area contributed by atoms with Gasteiger partial charge in [0, 0.05) is 12.1 Å². The zero-order chi connectivity index (χ0) is 20.1. The lowest BCUT2D eigenvalue weighted by molar-refractivity contribution is 0.137. The van der Waals surface area contributed by atoms with Gasteiger partial charge in [-0.15, -0.1) is 0 Å². The second-order valence-corrected chi connectivity index (χ2v) is 7.81. The van der Waals surface area contributed by atoms with Crippen LogP contribution in [0, 0.1) is 0 Å². The molecule has 0 aromatic rings. The molecule has 5 nitrogen and oxygen atoms in total. The molecule has 0 unspecified atom stereocenters. The van der Waals surface area contributed by atoms with Gasteiger partial charge in [0.05, 0.1) is 6.61 Å². The van der Waals surface area contributed by atoms with Crippen LogP contribution in [0.15, 0.2) is 0 Å². The normalized spacial score (nSPS) is 11.1. The van der Waals surface area contributed by atoms with Crippen LogP contribution in [0.1, 0.15) is 111 Å². The quantitative estimate of drug-likeness (QED) is 0.232. The molecule has 0 aliphatic carbocycles. The molecule has 0 aliphatic heterocycles. The molecule has 0 bridgehead atoms. The van der Waals surface area contributed by atoms with E-state index in [4.69, 9.17) is 20.1 Å². The van der Waals surface area contributed by atoms with E-state index in [2.05, 4.69) is 26.1 Å². The van der Waals surface area contributed by atoms with Crippen LogP contribution in [0.4, 0.5) is 4.79 Å². The molecule has 0 saturated carbocycles. The predicted molar refractivity (Wildman–Crippen MR) is 110 cm³/mol. The van der Waals surface area contributed by atoms with Gasteiger partial charge in [0.15, 0.2) is 0 Å². The lowest BCUT2D eigenvalue weighted by Crippen LogP contribution is -2.40. The Morgan fingerprint density at radius 3 is 1.46 bits per heavy atom. The summed E-state index contributed by atoms with van der Waals surface area (Å²) in [6.45, 7) is 7.71. The van der Waals surface area contributed by atoms with E-state index in [0.717, 1.165) is 0 Å². The summed E-state index contributed by atoms with van der Waals surface area (Å²) in [5.41, 5.74) is 0.181. The van der Waals surface area contributed by atoms with Crippen LogP contribution in [0.25, 0.3) is 0 Å². The van der Waals surface area contributed by atoms with Crippen molar-refractivity contribution in [1.29, 1.82) is 0 Å². The van der Waals surface area contributed by atoms with Crippen LogP contribution < -0.4 is 5.32 Å². The molecule has 0 aromatic heterocycles. The Morgan fingerprint density at radius 1 is 0.769 bits per heavy atom. The number of aliphatic hydroxyl groups is 1. The third kappa shape index (κ3) is 28.0. The lowest BCUT2D eigenvalue weighted by Gasteiger charge is -2.26. The monoisotopic (exact) mass is 375 g/mol. The summed E-state index contributed by atoms with van der Waals surface area (Å²) in [4.78, 5) is 8.56. The summed E-state index contributed by atoms with van der Waals surface area (Å²) in [5.74, 6) is 0. The average Bonchev–Trinajstić information content (AvgIpc) is 2.57. The van der Waals surface area contributed by atoms with Crippen molar-refractivity contribution < 1.29 is 20.1 Å². The van der Waals surface area contributed by atoms with E-state index in [1.165, 1.54) is 89.9 Å². The molecular formula is C21H45NO4. The molecular weight excluding hydrogens is 330 g/mol. The molecule has 0 saturated heterocycles. The van der Waals surface area contributed by atoms with E-state index < -0.39 is 6.16 Å². The number of carboxylic acid groups (broad SMARTS) is 2. The van der Waals surface area contributed by atoms with Crippen LogP contribution in [-0.2, 0) is 0 Å². The molecule has 0 radical (unpaired) electrons. The van der Waals surface area contributed by atoms with Crippen LogP contribution >= 0.6 is 0 Å². The molecule has 4 N–H and O–H groups in total. The Hall–Kier alpha value is -0.810. The third-order valence-corrected chi connectivity index (χ3v) is 4.62. The standard InChI is InChI=1S/C20H43NO.CH2O3/c1-4-5-6-7-8-9-10-11-12-13-14-15-16-17-20(2,3)21-18-19-22;2-1(3)4/h21-22H,4-19H2,1-3H3;(H2,2,3,4). The Balaban J connectivity index is 0. The Bertz CT molecular complexity index is 292. The zero-order valence-corrected chi connectivity index (χ0v) is 17.6. The van der Waals surface area contributed by atoms with Crippen molar-refractivity contribution >= 4 is 6.16 Å². The van der Waals surface area contributed by atoms with Crippen molar-refractivity contribution in [1.82, 2.24) is 5.32 Å². The summed E-state index contributed by atoms with van der Waals surface area (Å²) >= 11 is 0. The smallest absolute Gasteiger partial charge is 0.450 e. The molecule has 0 spiro atoms. The average molecular weight is 376 g/mol. The molecule has 0 atom stereocenters. The second kappa shape index (κ2) is 20.5. The maximum Gasteiger partial charge on any atom is 0.503 e. The first-order chi connectivity index (χ1) is 12.4. The van der Waals surface area contributed by atoms with Gasteiger partial charge in [0.25, 0.3) is 0 Å². The van der Waals surface area contributed by atoms with Crippen LogP contribution in [0.5, 0.6) is 0 Å². The highest BCUT2D eigenvalue weighted by Gasteiger charge is 2.15. The summed E-state index contributed by atoms with van der Waals surface area (Å²) in [7, 11) is 0. The molecule has 0 aliphatic rings. The van der Waals surface area contributed by atoms with E-state index in [-0.39, 0.29) is 12.1 Å². The highest BCUT2D eigenvalue weighted by molar-refractivity contribution is 5.53. The second-order valence-electron chi connectivity index (χ2n) is 7.81. The maximum absolute atomic E-state index is 8.85. The number of hydrogen-bond donors (Lipinski definition) is 4. The number of rotatable bonds is 17. The van der Waals surface area contributed by atoms with Gasteiger partial charge >= 0.3 is 6.16 Å². The minimum atomic E-state index is -1.83. The van der Waals surface area contributed by atoms with Gasteiger partial charge < -0.3 is 20.6 Å². The molecule has 0 rings (SSSR count). The van der Waals surface area contributed by atoms with E-state index >= 15 is 0 Å². The number of nitrogens with one attached hydrogen (secondary N) is 1. The summed E-state index contributed by atoms with van der Waals surface area (Å²) in [6.07, 6.45) is 17.8. The van der Waals surface area contributed by atoms with Crippen LogP contribution in [-0.4, -0.2) is 40.2 Å². The number of unbranched alkanes of at least 4 members (excludes halogenated alkanes) is 12. The summed E-state index contributed by atoms with van der Waals surface area (Å²) in [6, 6.07) is 0. The van der Waals surface area contributed by atoms with Crippen LogP contribution in [0.2, 0.25) is 0 Å². The minimum Gasteiger partial charge on any atom is -0.450 e. The SMILES string of the molecule is CCCCCCCCCCCCCCCC(C)(C)NCCO.O=C(O)O. The fourth-order valence-electron chi connectivity index (χ4n) is 3.07. The molecule has 0 amide bonds. The van der Waals surface area contributed by atoms with Crippen LogP contribution in [0.3, 0.4) is 0 Å². The van der Waals surface area contributed by atoms with Crippen molar-refractivity contribution in [2.75, 3.05) is 13.2 Å². The minimum absolute atomic E-state index is 0.181. The van der Waals surface area contributed by atoms with E-state index in [1.54, 1.807) is 0 Å². The van der Waals surface area contributed by atoms with E-state index in [0.29, 0.717) is 6.54 Å². The first-order valence-electron chi connectivity index (χ1n) is 10.6. The fourth-order valence-corrected chi connectivity index (χ4v) is 3.07. The van der Waals surface area contributed by atoms with Gasteiger partial charge in [-0.2, -0.15) is 0 Å². The first kappa shape index (κ1) is 27.4. The lowest BCUT2D eigenvalue weighted by atomic mass is 9.96. The van der Waals surface area contributed by atoms with Gasteiger partial charge in [-0.25, -0.2) is 4.79 Å². The Kier molecular flexibility index (Phi) is 21.6. The van der Waals surface area contributed by atoms with Crippen molar-refractivity contribution in [2.24, 2.45) is 0 Å². The molecule has 158 valence electrons. The molecule has 0 fully saturated rings. The molecule has 5 heteroatoms. The van der Waals surface area contributed by atoms with E-state index in [9.17, 15) is 0 Å². The third-order valence-electron chi connectivity index (χ3n) is 4.62. The molecule has 26 heavy (non-hydrogen) atoms. The van der Waals surface area contributed by atoms with Gasteiger partial charge in [-0.1, -0.05) is 90.4 Å². The van der Waals surface area contributed by atoms with Crippen molar-refractivity contribution in [3.8, 4) is 0 Å². The Morgan fingerprint density at radius 2 is 1.12 bits per heavy atom. The fraction of sp³-hybridized carbons (Fsp3) is 0.952. The maximum atomic E-state index is 8.85. The topological polar surface area (TPSA) is 89.8 Å². The number of β-amino-alcohol motifs (C(OH)–C–C–N with tert-alkyl or cyclic N) is 1. The Labute approximate surface area is 161 Å². The van der Waals surface area contributed by atoms with Gasteiger partial charge in [-0.3, -0.25) is 0 Å². The highest BCUT2D eigenvalue weighted by atomic mass is 16.6. The number of aliphatic hydroxyl groups excluding tert-OH is 1. The highest BCUT2D eigenvalue weighted by Crippen LogP contribution is 2.16. The molecule has 0 heterocycles. The summed E-state index contributed by atoms with van der Waals surface area (Å²) < 4.78 is 0. The van der Waals surface area contributed by atoms with Crippen molar-refractivity contribution in [3.63, 3.8) is 0 Å². The van der Waals surface area contributed by atoms with Gasteiger partial charge in [-0.05, 0) is 20.3 Å². The van der Waals surface area contributed by atoms with Crippen molar-refractivity contribution in [3.05, 3.63) is 0 Å². The first-order valence-corrected chi connectivity index (χ1v) is 10.6. The number of carbonyl (C=O) groups is 1.